The van der Waals surface area contributed by atoms with Gasteiger partial charge in [0.05, 0.1) is 0 Å². The van der Waals surface area contributed by atoms with Crippen molar-refractivity contribution in [3.8, 4) is 0 Å². The average molecular weight is 352 g/mol. The molecule has 1 aliphatic carbocycles. The first-order valence-electron chi connectivity index (χ1n) is 7.38. The first-order valence-corrected chi connectivity index (χ1v) is 12.6. The first kappa shape index (κ1) is 16.5. The summed E-state index contributed by atoms with van der Waals surface area (Å²) < 4.78 is 5.57. The van der Waals surface area contributed by atoms with E-state index in [4.69, 9.17) is 37.7 Å². The Kier molecular flexibility index (Phi) is 6.09. The zero-order valence-electron chi connectivity index (χ0n) is 11.8. The third-order valence-electron chi connectivity index (χ3n) is 3.79. The van der Waals surface area contributed by atoms with E-state index in [1.165, 1.54) is 37.7 Å². The lowest BCUT2D eigenvalue weighted by atomic mass is 9.84. The Morgan fingerprint density at radius 2 is 1.85 bits per heavy atom. The van der Waals surface area contributed by atoms with Crippen LogP contribution in [0.2, 0.25) is 6.04 Å². The van der Waals surface area contributed by atoms with Gasteiger partial charge in [-0.25, -0.2) is 0 Å². The molecule has 20 heavy (non-hydrogen) atoms. The summed E-state index contributed by atoms with van der Waals surface area (Å²) in [5, 5.41) is 0. The molecule has 3 rings (SSSR count). The highest BCUT2D eigenvalue weighted by atomic mass is 35.8. The van der Waals surface area contributed by atoms with E-state index >= 15 is 0 Å². The molecular formula is C15H21Cl3OSi. The van der Waals surface area contributed by atoms with Gasteiger partial charge in [-0.1, -0.05) is 32.6 Å². The van der Waals surface area contributed by atoms with Crippen LogP contribution in [0.1, 0.15) is 56.9 Å². The summed E-state index contributed by atoms with van der Waals surface area (Å²) >= 11 is 16.5. The molecule has 5 heteroatoms. The lowest BCUT2D eigenvalue weighted by Crippen LogP contribution is -2.06. The first-order chi connectivity index (χ1) is 9.49. The molecule has 0 saturated heterocycles. The highest BCUT2D eigenvalue weighted by molar-refractivity contribution is 7.64. The maximum absolute atomic E-state index is 5.57. The second kappa shape index (κ2) is 7.39. The van der Waals surface area contributed by atoms with Gasteiger partial charge < -0.3 is 4.42 Å². The van der Waals surface area contributed by atoms with E-state index in [2.05, 4.69) is 18.2 Å². The Labute approximate surface area is 136 Å². The number of hydrogen-bond donors (Lipinski definition) is 0. The van der Waals surface area contributed by atoms with Crippen LogP contribution >= 0.6 is 33.2 Å². The van der Waals surface area contributed by atoms with E-state index in [0.29, 0.717) is 0 Å². The van der Waals surface area contributed by atoms with E-state index in [0.717, 1.165) is 29.5 Å². The fourth-order valence-corrected chi connectivity index (χ4v) is 5.09. The number of hydrogen-bond acceptors (Lipinski definition) is 1. The second-order valence-electron chi connectivity index (χ2n) is 5.50. The number of halogens is 3. The molecule has 0 atom stereocenters. The van der Waals surface area contributed by atoms with E-state index in [1.54, 1.807) is 0 Å². The molecule has 1 fully saturated rings. The molecule has 0 aromatic carbocycles. The minimum Gasteiger partial charge on any atom is -0.457 e. The van der Waals surface area contributed by atoms with Gasteiger partial charge in [-0.3, -0.25) is 0 Å². The minimum atomic E-state index is -2.24. The van der Waals surface area contributed by atoms with Crippen molar-refractivity contribution in [2.45, 2.75) is 57.4 Å². The van der Waals surface area contributed by atoms with Crippen molar-refractivity contribution in [3.63, 3.8) is 0 Å². The van der Waals surface area contributed by atoms with Gasteiger partial charge in [-0.05, 0) is 43.0 Å². The van der Waals surface area contributed by atoms with Crippen molar-refractivity contribution in [2.75, 3.05) is 0 Å². The number of rotatable bonds is 3. The largest absolute Gasteiger partial charge is 0.457 e. The molecule has 2 heterocycles. The predicted octanol–water partition coefficient (Wildman–Crippen LogP) is 6.97. The van der Waals surface area contributed by atoms with Crippen LogP contribution in [-0.2, 0) is 0 Å². The van der Waals surface area contributed by atoms with Crippen LogP contribution in [0, 0.1) is 0 Å². The highest BCUT2D eigenvalue weighted by Gasteiger charge is 2.22. The van der Waals surface area contributed by atoms with Crippen molar-refractivity contribution in [1.82, 2.24) is 0 Å². The van der Waals surface area contributed by atoms with Crippen LogP contribution in [0.3, 0.4) is 0 Å². The molecule has 2 aromatic heterocycles. The molecule has 2 bridgehead atoms. The highest BCUT2D eigenvalue weighted by Crippen LogP contribution is 2.37. The van der Waals surface area contributed by atoms with E-state index < -0.39 is 6.00 Å². The summed E-state index contributed by atoms with van der Waals surface area (Å²) in [4.78, 5) is 0. The zero-order valence-corrected chi connectivity index (χ0v) is 15.1. The quantitative estimate of drug-likeness (QED) is 0.430. The van der Waals surface area contributed by atoms with Gasteiger partial charge in [0.25, 0.3) is 0 Å². The van der Waals surface area contributed by atoms with Crippen LogP contribution in [0.25, 0.3) is 11.2 Å². The topological polar surface area (TPSA) is 13.1 Å². The second-order valence-corrected chi connectivity index (χ2v) is 14.8. The standard InChI is InChI=1S/C12H14O.C3H7Cl3Si/c1-2-4-9(5-3-1)11-8-10-6-7-12(11)13-10;1-2-3-7(4,5)6/h6-9H,1-5H2;2-3H2,1H3. The zero-order chi connectivity index (χ0) is 14.6. The summed E-state index contributed by atoms with van der Waals surface area (Å²) in [6.07, 6.45) is 7.91. The third-order valence-corrected chi connectivity index (χ3v) is 6.56. The normalized spacial score (nSPS) is 17.2. The van der Waals surface area contributed by atoms with Crippen LogP contribution in [0.5, 0.6) is 0 Å². The summed E-state index contributed by atoms with van der Waals surface area (Å²) in [5.74, 6) is 0.784. The van der Waals surface area contributed by atoms with Gasteiger partial charge in [0.2, 0.25) is 0 Å². The fraction of sp³-hybridized carbons (Fsp3) is 0.600. The number of furan rings is 2. The molecule has 0 N–H and O–H groups in total. The van der Waals surface area contributed by atoms with Crippen LogP contribution < -0.4 is 0 Å². The maximum Gasteiger partial charge on any atom is 0.341 e. The molecule has 0 spiro atoms. The Hall–Kier alpha value is 0.107. The molecule has 1 aliphatic rings. The van der Waals surface area contributed by atoms with Crippen molar-refractivity contribution >= 4 is 50.4 Å². The van der Waals surface area contributed by atoms with Gasteiger partial charge in [0.15, 0.2) is 0 Å². The summed E-state index contributed by atoms with van der Waals surface area (Å²) in [5.41, 5.74) is 3.65. The van der Waals surface area contributed by atoms with Crippen molar-refractivity contribution < 1.29 is 4.42 Å². The Morgan fingerprint density at radius 3 is 2.25 bits per heavy atom. The molecule has 1 saturated carbocycles. The number of benzene rings is 1. The minimum absolute atomic E-state index is 0.775. The molecule has 0 unspecified atom stereocenters. The smallest absolute Gasteiger partial charge is 0.341 e. The fourth-order valence-electron chi connectivity index (χ4n) is 2.83. The maximum atomic E-state index is 5.57. The molecule has 112 valence electrons. The average Bonchev–Trinajstić information content (AvgIpc) is 3.01. The van der Waals surface area contributed by atoms with Crippen molar-refractivity contribution in [1.29, 1.82) is 0 Å². The van der Waals surface area contributed by atoms with Crippen LogP contribution in [-0.4, -0.2) is 6.00 Å². The van der Waals surface area contributed by atoms with Crippen molar-refractivity contribution in [2.24, 2.45) is 0 Å². The summed E-state index contributed by atoms with van der Waals surface area (Å²) in [7, 11) is 0. The lowest BCUT2D eigenvalue weighted by molar-refractivity contribution is 0.444. The Balaban J connectivity index is 0.000000182. The Morgan fingerprint density at radius 1 is 1.15 bits per heavy atom. The lowest BCUT2D eigenvalue weighted by Gasteiger charge is -2.20. The van der Waals surface area contributed by atoms with Crippen LogP contribution in [0.15, 0.2) is 22.6 Å². The Bertz CT molecular complexity index is 500. The molecular weight excluding hydrogens is 331 g/mol. The summed E-state index contributed by atoms with van der Waals surface area (Å²) in [6.45, 7) is 2.01. The van der Waals surface area contributed by atoms with E-state index in [-0.39, 0.29) is 0 Å². The summed E-state index contributed by atoms with van der Waals surface area (Å²) in [6, 6.07) is 4.93. The van der Waals surface area contributed by atoms with Gasteiger partial charge in [0.1, 0.15) is 11.2 Å². The van der Waals surface area contributed by atoms with E-state index in [1.807, 2.05) is 6.92 Å². The monoisotopic (exact) mass is 350 g/mol. The molecule has 1 nitrogen and oxygen atoms in total. The van der Waals surface area contributed by atoms with E-state index in [9.17, 15) is 0 Å². The number of fused-ring (bicyclic) bond motifs is 2. The van der Waals surface area contributed by atoms with Crippen LogP contribution in [0.4, 0.5) is 0 Å². The molecule has 0 aliphatic heterocycles. The molecule has 0 radical (unpaired) electrons. The molecule has 2 aromatic rings. The SMILES string of the molecule is CCC[Si](Cl)(Cl)Cl.c1cc2oc1cc2C1CCCCC1. The molecule has 0 amide bonds. The third kappa shape index (κ3) is 4.83. The van der Waals surface area contributed by atoms with Gasteiger partial charge in [-0.2, -0.15) is 0 Å². The van der Waals surface area contributed by atoms with Gasteiger partial charge in [-0.15, -0.1) is 33.2 Å². The van der Waals surface area contributed by atoms with Crippen molar-refractivity contribution in [3.05, 3.63) is 23.8 Å². The van der Waals surface area contributed by atoms with Gasteiger partial charge in [0, 0.05) is 5.56 Å². The van der Waals surface area contributed by atoms with Gasteiger partial charge >= 0.3 is 6.00 Å². The predicted molar refractivity (Wildman–Crippen MR) is 91.6 cm³/mol.